The summed E-state index contributed by atoms with van der Waals surface area (Å²) in [6, 6.07) is 6.89. The van der Waals surface area contributed by atoms with E-state index >= 15 is 0 Å². The van der Waals surface area contributed by atoms with Crippen molar-refractivity contribution in [1.82, 2.24) is 0 Å². The van der Waals surface area contributed by atoms with E-state index < -0.39 is 15.6 Å². The predicted molar refractivity (Wildman–Crippen MR) is 97.9 cm³/mol. The van der Waals surface area contributed by atoms with Crippen LogP contribution in [0.2, 0.25) is 0 Å². The Labute approximate surface area is 205 Å². The van der Waals surface area contributed by atoms with E-state index in [4.69, 9.17) is 14.2 Å². The first-order valence-corrected chi connectivity index (χ1v) is 10.9. The minimum Gasteiger partial charge on any atom is -0.780 e. The summed E-state index contributed by atoms with van der Waals surface area (Å²) in [5.74, 6) is -0.642. The van der Waals surface area contributed by atoms with E-state index in [9.17, 15) is 28.7 Å². The molecule has 0 N–H and O–H groups in total. The second-order valence-corrected chi connectivity index (χ2v) is 7.73. The number of phosphoric ester groups is 2. The molecule has 0 aliphatic carbocycles. The van der Waals surface area contributed by atoms with Gasteiger partial charge in [-0.15, -0.1) is 0 Å². The fraction of sp³-hybridized carbons (Fsp3) is 0.176. The van der Waals surface area contributed by atoms with Gasteiger partial charge in [-0.3, -0.25) is 0 Å². The number of hydrogen-bond acceptors (Lipinski definition) is 11. The standard InChI is InChI=1S/C17H20O11P2.2Mn/c1-24-13-7-6-11(8-14(13)27-29(18,19)20)4-5-12-9-15(25-2)17(26-3)16(10-12)28-30(21,22)23;;/h4-10H,1-3H3,(H2,18,19,20)(H2,21,22,23);;/q;2*+2/p-4/b5-4-;;. The summed E-state index contributed by atoms with van der Waals surface area (Å²) in [5.41, 5.74) is 0.766. The molecule has 0 bridgehead atoms. The molecule has 0 atom stereocenters. The third kappa shape index (κ3) is 9.17. The van der Waals surface area contributed by atoms with E-state index in [-0.39, 0.29) is 62.9 Å². The van der Waals surface area contributed by atoms with Gasteiger partial charge in [-0.1, -0.05) is 18.2 Å². The monoisotopic (exact) mass is 568 g/mol. The minimum atomic E-state index is -5.37. The zero-order valence-corrected chi connectivity index (χ0v) is 20.8. The van der Waals surface area contributed by atoms with Gasteiger partial charge in [-0.05, 0) is 35.4 Å². The smallest absolute Gasteiger partial charge is 0.780 e. The Balaban J connectivity index is 0.00000480. The topological polar surface area (TPSA) is 173 Å². The third-order valence-electron chi connectivity index (χ3n) is 3.54. The number of ether oxygens (including phenoxy) is 3. The van der Waals surface area contributed by atoms with Gasteiger partial charge < -0.3 is 52.0 Å². The molecular formula is C17H16Mn2O11P2. The zero-order chi connectivity index (χ0) is 22.5. The summed E-state index contributed by atoms with van der Waals surface area (Å²) < 4.78 is 45.8. The summed E-state index contributed by atoms with van der Waals surface area (Å²) in [5, 5.41) is 0. The molecule has 0 amide bonds. The molecule has 0 aromatic heterocycles. The molecule has 0 aliphatic heterocycles. The largest absolute Gasteiger partial charge is 2.00 e. The van der Waals surface area contributed by atoms with E-state index in [1.807, 2.05) is 0 Å². The first-order chi connectivity index (χ1) is 14.0. The van der Waals surface area contributed by atoms with Crippen LogP contribution in [0.5, 0.6) is 28.7 Å². The summed E-state index contributed by atoms with van der Waals surface area (Å²) in [6.07, 6.45) is 2.97. The van der Waals surface area contributed by atoms with Crippen molar-refractivity contribution in [1.29, 1.82) is 0 Å². The van der Waals surface area contributed by atoms with Crippen molar-refractivity contribution in [2.75, 3.05) is 21.3 Å². The Bertz CT molecular complexity index is 1030. The van der Waals surface area contributed by atoms with Crippen LogP contribution in [0.1, 0.15) is 11.1 Å². The quantitative estimate of drug-likeness (QED) is 0.231. The summed E-state index contributed by atoms with van der Waals surface area (Å²) >= 11 is 0. The van der Waals surface area contributed by atoms with Crippen molar-refractivity contribution >= 4 is 27.8 Å². The Morgan fingerprint density at radius 3 is 1.62 bits per heavy atom. The number of rotatable bonds is 9. The summed E-state index contributed by atoms with van der Waals surface area (Å²) in [7, 11) is -6.86. The molecule has 0 fully saturated rings. The predicted octanol–water partition coefficient (Wildman–Crippen LogP) is 0.293. The number of benzene rings is 2. The molecule has 0 heterocycles. The third-order valence-corrected chi connectivity index (χ3v) is 4.38. The Kier molecular flexibility index (Phi) is 12.1. The van der Waals surface area contributed by atoms with Crippen LogP contribution < -0.4 is 42.8 Å². The number of phosphoric acid groups is 2. The van der Waals surface area contributed by atoms with Crippen LogP contribution >= 0.6 is 15.6 Å². The van der Waals surface area contributed by atoms with Gasteiger partial charge in [-0.2, -0.15) is 0 Å². The molecule has 0 unspecified atom stereocenters. The average Bonchev–Trinajstić information content (AvgIpc) is 2.63. The summed E-state index contributed by atoms with van der Waals surface area (Å²) in [6.45, 7) is 0. The first-order valence-electron chi connectivity index (χ1n) is 8.01. The maximum absolute atomic E-state index is 11.0. The molecule has 11 nitrogen and oxygen atoms in total. The van der Waals surface area contributed by atoms with Crippen molar-refractivity contribution in [3.63, 3.8) is 0 Å². The van der Waals surface area contributed by atoms with Gasteiger partial charge >= 0.3 is 34.1 Å². The minimum absolute atomic E-state index is 0. The molecule has 2 radical (unpaired) electrons. The summed E-state index contributed by atoms with van der Waals surface area (Å²) in [4.78, 5) is 43.8. The van der Waals surface area contributed by atoms with Gasteiger partial charge in [-0.25, -0.2) is 0 Å². The van der Waals surface area contributed by atoms with Gasteiger partial charge in [0.2, 0.25) is 5.75 Å². The van der Waals surface area contributed by atoms with Gasteiger partial charge in [0.05, 0.1) is 21.3 Å². The van der Waals surface area contributed by atoms with Crippen molar-refractivity contribution in [2.45, 2.75) is 0 Å². The van der Waals surface area contributed by atoms with E-state index in [0.717, 1.165) is 0 Å². The van der Waals surface area contributed by atoms with E-state index in [1.54, 1.807) is 6.07 Å². The van der Waals surface area contributed by atoms with Crippen LogP contribution in [0.15, 0.2) is 30.3 Å². The molecule has 0 saturated carbocycles. The molecule has 2 rings (SSSR count). The Morgan fingerprint density at radius 2 is 1.12 bits per heavy atom. The molecule has 2 aromatic rings. The van der Waals surface area contributed by atoms with Crippen molar-refractivity contribution in [2.24, 2.45) is 0 Å². The number of hydrogen-bond donors (Lipinski definition) is 0. The average molecular weight is 568 g/mol. The van der Waals surface area contributed by atoms with Crippen LogP contribution in [0.4, 0.5) is 0 Å². The normalized spacial score (nSPS) is 11.2. The SMILES string of the molecule is COc1ccc(/C=C\c2cc(OC)c(OC)c(OP(=O)([O-])[O-])c2)cc1OP(=O)([O-])[O-].[Mn+2].[Mn+2]. The van der Waals surface area contributed by atoms with Gasteiger partial charge in [0, 0.05) is 0 Å². The van der Waals surface area contributed by atoms with Gasteiger partial charge in [0.25, 0.3) is 0 Å². The van der Waals surface area contributed by atoms with Crippen LogP contribution in [-0.2, 0) is 43.3 Å². The van der Waals surface area contributed by atoms with Crippen molar-refractivity contribution in [3.05, 3.63) is 41.5 Å². The molecule has 32 heavy (non-hydrogen) atoms. The van der Waals surface area contributed by atoms with Crippen LogP contribution in [0.3, 0.4) is 0 Å². The fourth-order valence-corrected chi connectivity index (χ4v) is 3.18. The zero-order valence-electron chi connectivity index (χ0n) is 16.7. The molecule has 0 aliphatic rings. The molecule has 174 valence electrons. The van der Waals surface area contributed by atoms with Crippen LogP contribution in [0.25, 0.3) is 12.2 Å². The maximum Gasteiger partial charge on any atom is 2.00 e. The first kappa shape index (κ1) is 30.5. The van der Waals surface area contributed by atoms with Crippen molar-refractivity contribution in [3.8, 4) is 28.7 Å². The Morgan fingerprint density at radius 1 is 0.656 bits per heavy atom. The molecule has 0 spiro atoms. The molecular weight excluding hydrogens is 552 g/mol. The van der Waals surface area contributed by atoms with E-state index in [0.29, 0.717) is 11.1 Å². The fourth-order valence-electron chi connectivity index (χ4n) is 2.42. The molecule has 15 heteroatoms. The molecule has 2 aromatic carbocycles. The van der Waals surface area contributed by atoms with Crippen LogP contribution in [0, 0.1) is 0 Å². The maximum atomic E-state index is 11.0. The second kappa shape index (κ2) is 12.7. The second-order valence-electron chi connectivity index (χ2n) is 5.58. The van der Waals surface area contributed by atoms with Gasteiger partial charge in [0.1, 0.15) is 15.6 Å². The van der Waals surface area contributed by atoms with Crippen LogP contribution in [-0.4, -0.2) is 21.3 Å². The van der Waals surface area contributed by atoms with Gasteiger partial charge in [0.15, 0.2) is 23.0 Å². The van der Waals surface area contributed by atoms with E-state index in [2.05, 4.69) is 9.05 Å². The molecule has 0 saturated heterocycles. The van der Waals surface area contributed by atoms with Crippen molar-refractivity contribution < 1.29 is 86.1 Å². The Hall–Kier alpha value is -1.48. The van der Waals surface area contributed by atoms with E-state index in [1.165, 1.54) is 57.7 Å². The number of methoxy groups -OCH3 is 3.